The lowest BCUT2D eigenvalue weighted by Crippen LogP contribution is -2.42. The number of alkyl carbamates (subject to hydrolysis) is 1. The molecule has 3 rings (SSSR count). The Hall–Kier alpha value is -3.55. The SMILES string of the molecule is C[C@@H](CCN(CCNC(=O)OCC1c2ccccc2-c2ccccc21)C(=O)OC(C)(C)C)C(=O)O. The minimum Gasteiger partial charge on any atom is -0.481 e. The zero-order chi connectivity index (χ0) is 25.6. The molecule has 1 aliphatic rings. The zero-order valence-electron chi connectivity index (χ0n) is 20.7. The summed E-state index contributed by atoms with van der Waals surface area (Å²) in [5.41, 5.74) is 3.88. The van der Waals surface area contributed by atoms with Gasteiger partial charge in [-0.1, -0.05) is 55.5 Å². The van der Waals surface area contributed by atoms with Crippen LogP contribution in [0.3, 0.4) is 0 Å². The van der Waals surface area contributed by atoms with Crippen molar-refractivity contribution in [1.82, 2.24) is 10.2 Å². The summed E-state index contributed by atoms with van der Waals surface area (Å²) in [6.07, 6.45) is -0.848. The minimum absolute atomic E-state index is 0.0380. The summed E-state index contributed by atoms with van der Waals surface area (Å²) in [6.45, 7) is 7.60. The first-order valence-corrected chi connectivity index (χ1v) is 11.9. The number of fused-ring (bicyclic) bond motifs is 3. The van der Waals surface area contributed by atoms with Crippen LogP contribution in [-0.2, 0) is 14.3 Å². The third-order valence-electron chi connectivity index (χ3n) is 5.90. The lowest BCUT2D eigenvalue weighted by Gasteiger charge is -2.28. The maximum atomic E-state index is 12.6. The number of aliphatic carboxylic acids is 1. The van der Waals surface area contributed by atoms with Gasteiger partial charge in [0.15, 0.2) is 0 Å². The second-order valence-electron chi connectivity index (χ2n) is 9.75. The molecular formula is C27H34N2O6. The lowest BCUT2D eigenvalue weighted by molar-refractivity contribution is -0.141. The van der Waals surface area contributed by atoms with Crippen molar-refractivity contribution in [3.8, 4) is 11.1 Å². The Morgan fingerprint density at radius 1 is 1.00 bits per heavy atom. The van der Waals surface area contributed by atoms with Crippen LogP contribution in [0, 0.1) is 5.92 Å². The molecule has 188 valence electrons. The summed E-state index contributed by atoms with van der Waals surface area (Å²) >= 11 is 0. The predicted molar refractivity (Wildman–Crippen MR) is 132 cm³/mol. The number of nitrogens with zero attached hydrogens (tertiary/aromatic N) is 1. The molecule has 0 fully saturated rings. The third kappa shape index (κ3) is 6.97. The van der Waals surface area contributed by atoms with Gasteiger partial charge in [-0.3, -0.25) is 4.79 Å². The molecule has 1 atom stereocenters. The van der Waals surface area contributed by atoms with Gasteiger partial charge in [0.05, 0.1) is 5.92 Å². The van der Waals surface area contributed by atoms with E-state index in [-0.39, 0.29) is 38.6 Å². The highest BCUT2D eigenvalue weighted by atomic mass is 16.6. The molecule has 1 aliphatic carbocycles. The fourth-order valence-corrected chi connectivity index (χ4v) is 4.04. The number of ether oxygens (including phenoxy) is 2. The van der Waals surface area contributed by atoms with E-state index in [1.165, 1.54) is 4.90 Å². The maximum absolute atomic E-state index is 12.6. The van der Waals surface area contributed by atoms with E-state index in [9.17, 15) is 14.4 Å². The topological polar surface area (TPSA) is 105 Å². The Bertz CT molecular complexity index is 1020. The van der Waals surface area contributed by atoms with Gasteiger partial charge in [0.25, 0.3) is 0 Å². The molecule has 0 saturated heterocycles. The summed E-state index contributed by atoms with van der Waals surface area (Å²) in [5.74, 6) is -1.56. The quantitative estimate of drug-likeness (QED) is 0.528. The predicted octanol–water partition coefficient (Wildman–Crippen LogP) is 4.87. The monoisotopic (exact) mass is 482 g/mol. The van der Waals surface area contributed by atoms with Gasteiger partial charge in [-0.25, -0.2) is 9.59 Å². The summed E-state index contributed by atoms with van der Waals surface area (Å²) < 4.78 is 11.0. The smallest absolute Gasteiger partial charge is 0.410 e. The van der Waals surface area contributed by atoms with E-state index in [1.807, 2.05) is 24.3 Å². The zero-order valence-corrected chi connectivity index (χ0v) is 20.7. The maximum Gasteiger partial charge on any atom is 0.410 e. The van der Waals surface area contributed by atoms with Crippen LogP contribution in [0.5, 0.6) is 0 Å². The number of hydrogen-bond donors (Lipinski definition) is 2. The molecule has 2 aromatic carbocycles. The molecule has 0 saturated carbocycles. The highest BCUT2D eigenvalue weighted by molar-refractivity contribution is 5.79. The Labute approximate surface area is 206 Å². The molecule has 2 aromatic rings. The van der Waals surface area contributed by atoms with Crippen LogP contribution >= 0.6 is 0 Å². The number of nitrogens with one attached hydrogen (secondary N) is 1. The Kier molecular flexibility index (Phi) is 8.38. The van der Waals surface area contributed by atoms with E-state index in [0.717, 1.165) is 22.3 Å². The fraction of sp³-hybridized carbons (Fsp3) is 0.444. The molecule has 8 heteroatoms. The number of rotatable bonds is 9. The first-order chi connectivity index (χ1) is 16.6. The van der Waals surface area contributed by atoms with Gasteiger partial charge >= 0.3 is 18.2 Å². The minimum atomic E-state index is -0.925. The van der Waals surface area contributed by atoms with E-state index in [1.54, 1.807) is 27.7 Å². The lowest BCUT2D eigenvalue weighted by atomic mass is 9.98. The van der Waals surface area contributed by atoms with Gasteiger partial charge in [0.1, 0.15) is 12.2 Å². The van der Waals surface area contributed by atoms with Crippen molar-refractivity contribution in [3.05, 3.63) is 59.7 Å². The average molecular weight is 483 g/mol. The average Bonchev–Trinajstić information content (AvgIpc) is 3.12. The van der Waals surface area contributed by atoms with Gasteiger partial charge < -0.3 is 24.8 Å². The molecule has 0 unspecified atom stereocenters. The molecule has 0 aliphatic heterocycles. The number of hydrogen-bond acceptors (Lipinski definition) is 5. The first-order valence-electron chi connectivity index (χ1n) is 11.9. The Morgan fingerprint density at radius 2 is 1.57 bits per heavy atom. The largest absolute Gasteiger partial charge is 0.481 e. The number of carboxylic acids is 1. The van der Waals surface area contributed by atoms with Crippen LogP contribution in [0.15, 0.2) is 48.5 Å². The van der Waals surface area contributed by atoms with Gasteiger partial charge in [0.2, 0.25) is 0 Å². The van der Waals surface area contributed by atoms with Crippen molar-refractivity contribution >= 4 is 18.2 Å². The number of benzene rings is 2. The van der Waals surface area contributed by atoms with Crippen molar-refractivity contribution in [2.45, 2.75) is 45.6 Å². The molecule has 2 N–H and O–H groups in total. The molecule has 0 spiro atoms. The number of carbonyl (C=O) groups is 3. The molecule has 0 bridgehead atoms. The first kappa shape index (κ1) is 26.1. The van der Waals surface area contributed by atoms with E-state index in [4.69, 9.17) is 14.6 Å². The summed E-state index contributed by atoms with van der Waals surface area (Å²) in [4.78, 5) is 37.5. The molecule has 0 radical (unpaired) electrons. The number of amides is 2. The van der Waals surface area contributed by atoms with Gasteiger partial charge in [-0.05, 0) is 49.4 Å². The molecule has 35 heavy (non-hydrogen) atoms. The van der Waals surface area contributed by atoms with Crippen molar-refractivity contribution < 1.29 is 29.0 Å². The van der Waals surface area contributed by atoms with Crippen LogP contribution in [-0.4, -0.2) is 60.0 Å². The second-order valence-corrected chi connectivity index (χ2v) is 9.75. The Morgan fingerprint density at radius 3 is 2.11 bits per heavy atom. The summed E-state index contributed by atoms with van der Waals surface area (Å²) in [5, 5.41) is 11.8. The van der Waals surface area contributed by atoms with E-state index in [0.29, 0.717) is 0 Å². The van der Waals surface area contributed by atoms with Crippen LogP contribution in [0.1, 0.15) is 51.2 Å². The highest BCUT2D eigenvalue weighted by Gasteiger charge is 2.29. The molecule has 0 heterocycles. The van der Waals surface area contributed by atoms with Crippen molar-refractivity contribution in [2.24, 2.45) is 5.92 Å². The number of carbonyl (C=O) groups excluding carboxylic acids is 2. The van der Waals surface area contributed by atoms with Crippen LogP contribution in [0.2, 0.25) is 0 Å². The molecule has 8 nitrogen and oxygen atoms in total. The second kappa shape index (κ2) is 11.3. The Balaban J connectivity index is 1.54. The van der Waals surface area contributed by atoms with Crippen LogP contribution in [0.4, 0.5) is 9.59 Å². The van der Waals surface area contributed by atoms with Crippen molar-refractivity contribution in [2.75, 3.05) is 26.2 Å². The van der Waals surface area contributed by atoms with E-state index >= 15 is 0 Å². The number of carboxylic acid groups (broad SMARTS) is 1. The summed E-state index contributed by atoms with van der Waals surface area (Å²) in [6, 6.07) is 16.2. The van der Waals surface area contributed by atoms with Crippen molar-refractivity contribution in [1.29, 1.82) is 0 Å². The molecular weight excluding hydrogens is 448 g/mol. The van der Waals surface area contributed by atoms with Gasteiger partial charge in [0, 0.05) is 25.6 Å². The molecule has 2 amide bonds. The third-order valence-corrected chi connectivity index (χ3v) is 5.90. The standard InChI is InChI=1S/C27H34N2O6/c1-18(24(30)31)13-15-29(26(33)35-27(2,3)4)16-14-28-25(32)34-17-23-21-11-7-5-9-19(21)20-10-6-8-12-22(20)23/h5-12,18,23H,13-17H2,1-4H3,(H,28,32)(H,30,31)/t18-/m0/s1. The normalized spacial score (nSPS) is 13.4. The van der Waals surface area contributed by atoms with Crippen LogP contribution < -0.4 is 5.32 Å². The van der Waals surface area contributed by atoms with Gasteiger partial charge in [-0.2, -0.15) is 0 Å². The van der Waals surface area contributed by atoms with E-state index < -0.39 is 29.7 Å². The van der Waals surface area contributed by atoms with E-state index in [2.05, 4.69) is 29.6 Å². The molecule has 0 aromatic heterocycles. The highest BCUT2D eigenvalue weighted by Crippen LogP contribution is 2.44. The van der Waals surface area contributed by atoms with Crippen LogP contribution in [0.25, 0.3) is 11.1 Å². The van der Waals surface area contributed by atoms with Gasteiger partial charge in [-0.15, -0.1) is 0 Å². The fourth-order valence-electron chi connectivity index (χ4n) is 4.04. The van der Waals surface area contributed by atoms with Crippen molar-refractivity contribution in [3.63, 3.8) is 0 Å². The summed E-state index contributed by atoms with van der Waals surface area (Å²) in [7, 11) is 0.